The number of nitrogens with zero attached hydrogens (tertiary/aromatic N) is 4. The van der Waals surface area contributed by atoms with Crippen molar-refractivity contribution < 1.29 is 0 Å². The number of aromatic nitrogens is 2. The van der Waals surface area contributed by atoms with E-state index in [4.69, 9.17) is 23.2 Å². The molecule has 0 unspecified atom stereocenters. The maximum Gasteiger partial charge on any atom is 0.243 e. The summed E-state index contributed by atoms with van der Waals surface area (Å²) in [4.78, 5) is 11.2. The Balaban J connectivity index is 2.00. The molecule has 0 aliphatic heterocycles. The van der Waals surface area contributed by atoms with Crippen molar-refractivity contribution in [3.8, 4) is 0 Å². The van der Waals surface area contributed by atoms with Crippen molar-refractivity contribution in [2.24, 2.45) is 5.10 Å². The van der Waals surface area contributed by atoms with Crippen LogP contribution in [0.1, 0.15) is 42.3 Å². The molecule has 7 heteroatoms. The Morgan fingerprint density at radius 1 is 1.04 bits per heavy atom. The van der Waals surface area contributed by atoms with Crippen LogP contribution in [0.4, 0.5) is 11.6 Å². The molecule has 2 rings (SSSR count). The van der Waals surface area contributed by atoms with Crippen molar-refractivity contribution in [3.63, 3.8) is 0 Å². The standard InChI is InChI=1S/C21H29Cl2N5/c1-4-5-6-20-16(2)25-21(26-17(20)3)27-24-15-18-7-9-19(10-8-18)28(13-11-22)14-12-23/h7-10,15H,4-6,11-14H2,1-3H3,(H,25,26,27). The van der Waals surface area contributed by atoms with Crippen molar-refractivity contribution in [3.05, 3.63) is 46.8 Å². The molecule has 1 aromatic heterocycles. The van der Waals surface area contributed by atoms with Crippen molar-refractivity contribution in [2.45, 2.75) is 40.0 Å². The van der Waals surface area contributed by atoms with Crippen LogP contribution in [0, 0.1) is 13.8 Å². The molecule has 0 saturated heterocycles. The third kappa shape index (κ3) is 6.64. The zero-order chi connectivity index (χ0) is 20.4. The van der Waals surface area contributed by atoms with Crippen molar-refractivity contribution in [2.75, 3.05) is 35.2 Å². The van der Waals surface area contributed by atoms with Gasteiger partial charge in [0.05, 0.1) is 6.21 Å². The third-order valence-corrected chi connectivity index (χ3v) is 4.88. The monoisotopic (exact) mass is 421 g/mol. The van der Waals surface area contributed by atoms with Crippen LogP contribution in [0.15, 0.2) is 29.4 Å². The summed E-state index contributed by atoms with van der Waals surface area (Å²) in [7, 11) is 0. The predicted octanol–water partition coefficient (Wildman–Crippen LogP) is 5.17. The second-order valence-corrected chi connectivity index (χ2v) is 7.38. The van der Waals surface area contributed by atoms with E-state index in [1.807, 2.05) is 38.1 Å². The fraction of sp³-hybridized carbons (Fsp3) is 0.476. The second-order valence-electron chi connectivity index (χ2n) is 6.63. The van der Waals surface area contributed by atoms with Crippen LogP contribution in [-0.2, 0) is 6.42 Å². The van der Waals surface area contributed by atoms with E-state index in [1.54, 1.807) is 6.21 Å². The van der Waals surface area contributed by atoms with Crippen LogP contribution in [0.25, 0.3) is 0 Å². The highest BCUT2D eigenvalue weighted by Gasteiger charge is 2.08. The fourth-order valence-corrected chi connectivity index (χ4v) is 3.42. The topological polar surface area (TPSA) is 53.4 Å². The van der Waals surface area contributed by atoms with Gasteiger partial charge in [-0.2, -0.15) is 5.10 Å². The number of alkyl halides is 2. The Hall–Kier alpha value is -1.85. The van der Waals surface area contributed by atoms with E-state index in [1.165, 1.54) is 5.56 Å². The molecule has 0 aliphatic carbocycles. The molecular weight excluding hydrogens is 393 g/mol. The highest BCUT2D eigenvalue weighted by atomic mass is 35.5. The molecule has 0 saturated carbocycles. The van der Waals surface area contributed by atoms with Gasteiger partial charge in [-0.3, -0.25) is 0 Å². The first-order valence-corrected chi connectivity index (χ1v) is 10.8. The zero-order valence-electron chi connectivity index (χ0n) is 16.9. The van der Waals surface area contributed by atoms with Crippen LogP contribution in [0.2, 0.25) is 0 Å². The maximum atomic E-state index is 5.87. The lowest BCUT2D eigenvalue weighted by molar-refractivity contribution is 0.774. The lowest BCUT2D eigenvalue weighted by Gasteiger charge is -2.22. The van der Waals surface area contributed by atoms with Gasteiger partial charge in [0.15, 0.2) is 0 Å². The molecule has 0 fully saturated rings. The minimum Gasteiger partial charge on any atom is -0.369 e. The zero-order valence-corrected chi connectivity index (χ0v) is 18.4. The molecule has 28 heavy (non-hydrogen) atoms. The first-order valence-electron chi connectivity index (χ1n) is 9.69. The summed E-state index contributed by atoms with van der Waals surface area (Å²) >= 11 is 11.7. The molecule has 0 atom stereocenters. The lowest BCUT2D eigenvalue weighted by atomic mass is 10.1. The number of aryl methyl sites for hydroxylation is 2. The number of hydrogen-bond acceptors (Lipinski definition) is 5. The minimum absolute atomic E-state index is 0.526. The number of nitrogens with one attached hydrogen (secondary N) is 1. The quantitative estimate of drug-likeness (QED) is 0.309. The van der Waals surface area contributed by atoms with Crippen LogP contribution in [-0.4, -0.2) is 41.0 Å². The lowest BCUT2D eigenvalue weighted by Crippen LogP contribution is -2.27. The Labute approximate surface area is 178 Å². The Morgan fingerprint density at radius 2 is 1.64 bits per heavy atom. The highest BCUT2D eigenvalue weighted by Crippen LogP contribution is 2.16. The second kappa shape index (κ2) is 11.9. The van der Waals surface area contributed by atoms with E-state index in [0.717, 1.165) is 55.0 Å². The van der Waals surface area contributed by atoms with E-state index in [9.17, 15) is 0 Å². The number of hydrogen-bond donors (Lipinski definition) is 1. The molecule has 1 aromatic carbocycles. The Morgan fingerprint density at radius 3 is 2.18 bits per heavy atom. The largest absolute Gasteiger partial charge is 0.369 e. The summed E-state index contributed by atoms with van der Waals surface area (Å²) in [5.41, 5.74) is 8.30. The third-order valence-electron chi connectivity index (χ3n) is 4.55. The smallest absolute Gasteiger partial charge is 0.243 e. The first kappa shape index (κ1) is 22.4. The number of rotatable bonds is 11. The maximum absolute atomic E-state index is 5.87. The molecule has 5 nitrogen and oxygen atoms in total. The van der Waals surface area contributed by atoms with Gasteiger partial charge in [0.1, 0.15) is 0 Å². The van der Waals surface area contributed by atoms with Gasteiger partial charge in [-0.1, -0.05) is 25.5 Å². The summed E-state index contributed by atoms with van der Waals surface area (Å²) in [5.74, 6) is 1.67. The fourth-order valence-electron chi connectivity index (χ4n) is 3.01. The molecule has 0 bridgehead atoms. The highest BCUT2D eigenvalue weighted by molar-refractivity contribution is 6.18. The molecule has 2 aromatic rings. The number of hydrazone groups is 1. The molecule has 0 radical (unpaired) electrons. The molecule has 1 heterocycles. The number of halogens is 2. The number of benzene rings is 1. The van der Waals surface area contributed by atoms with Crippen LogP contribution in [0.3, 0.4) is 0 Å². The van der Waals surface area contributed by atoms with Gasteiger partial charge in [-0.15, -0.1) is 23.2 Å². The number of unbranched alkanes of at least 4 members (excludes halogenated alkanes) is 1. The van der Waals surface area contributed by atoms with Gasteiger partial charge in [0.2, 0.25) is 5.95 Å². The Kier molecular flexibility index (Phi) is 9.51. The molecule has 0 spiro atoms. The van der Waals surface area contributed by atoms with Crippen molar-refractivity contribution in [1.82, 2.24) is 9.97 Å². The molecular formula is C21H29Cl2N5. The van der Waals surface area contributed by atoms with E-state index in [0.29, 0.717) is 17.7 Å². The summed E-state index contributed by atoms with van der Waals surface area (Å²) < 4.78 is 0. The summed E-state index contributed by atoms with van der Waals surface area (Å²) in [6.45, 7) is 7.79. The summed E-state index contributed by atoms with van der Waals surface area (Å²) in [5, 5.41) is 4.28. The predicted molar refractivity (Wildman–Crippen MR) is 121 cm³/mol. The van der Waals surface area contributed by atoms with Crippen LogP contribution < -0.4 is 10.3 Å². The van der Waals surface area contributed by atoms with E-state index < -0.39 is 0 Å². The van der Waals surface area contributed by atoms with Gasteiger partial charge in [-0.25, -0.2) is 15.4 Å². The van der Waals surface area contributed by atoms with Gasteiger partial charge in [0, 0.05) is 41.9 Å². The van der Waals surface area contributed by atoms with E-state index >= 15 is 0 Å². The van der Waals surface area contributed by atoms with Gasteiger partial charge in [0.25, 0.3) is 0 Å². The molecule has 0 amide bonds. The molecule has 0 aliphatic rings. The van der Waals surface area contributed by atoms with Crippen molar-refractivity contribution in [1.29, 1.82) is 0 Å². The normalized spacial score (nSPS) is 11.2. The average molecular weight is 422 g/mol. The number of anilines is 2. The van der Waals surface area contributed by atoms with Crippen LogP contribution in [0.5, 0.6) is 0 Å². The summed E-state index contributed by atoms with van der Waals surface area (Å²) in [6.07, 6.45) is 5.10. The minimum atomic E-state index is 0.526. The first-order chi connectivity index (χ1) is 13.6. The SMILES string of the molecule is CCCCc1c(C)nc(NN=Cc2ccc(N(CCCl)CCCl)cc2)nc1C. The van der Waals surface area contributed by atoms with Gasteiger partial charge >= 0.3 is 0 Å². The van der Waals surface area contributed by atoms with Crippen molar-refractivity contribution >= 4 is 41.1 Å². The summed E-state index contributed by atoms with van der Waals surface area (Å²) in [6, 6.07) is 8.13. The molecule has 1 N–H and O–H groups in total. The molecule has 152 valence electrons. The van der Waals surface area contributed by atoms with Gasteiger partial charge < -0.3 is 4.90 Å². The van der Waals surface area contributed by atoms with Gasteiger partial charge in [-0.05, 0) is 49.9 Å². The van der Waals surface area contributed by atoms with Crippen LogP contribution >= 0.6 is 23.2 Å². The average Bonchev–Trinajstić information content (AvgIpc) is 2.68. The van der Waals surface area contributed by atoms with E-state index in [2.05, 4.69) is 32.3 Å². The Bertz CT molecular complexity index is 733. The van der Waals surface area contributed by atoms with E-state index in [-0.39, 0.29) is 0 Å².